The molecule has 1 amide bonds. The second kappa shape index (κ2) is 13.6. The number of amides is 1. The molecule has 2 heterocycles. The van der Waals surface area contributed by atoms with Gasteiger partial charge < -0.3 is 20.7 Å². The van der Waals surface area contributed by atoms with Gasteiger partial charge in [0.1, 0.15) is 6.04 Å². The molecule has 0 saturated carbocycles. The van der Waals surface area contributed by atoms with Gasteiger partial charge in [0, 0.05) is 12.5 Å². The van der Waals surface area contributed by atoms with E-state index in [1.54, 1.807) is 0 Å². The number of hydrogen-bond acceptors (Lipinski definition) is 6. The van der Waals surface area contributed by atoms with Gasteiger partial charge in [-0.15, -0.1) is 6.58 Å². The van der Waals surface area contributed by atoms with Crippen molar-refractivity contribution in [3.05, 3.63) is 105 Å². The molecule has 3 atom stereocenters. The van der Waals surface area contributed by atoms with Crippen molar-refractivity contribution in [3.8, 4) is 0 Å². The molecule has 13 heteroatoms. The Bertz CT molecular complexity index is 1470. The Labute approximate surface area is 246 Å². The zero-order valence-electron chi connectivity index (χ0n) is 22.6. The summed E-state index contributed by atoms with van der Waals surface area (Å²) in [6.07, 6.45) is -0.643. The van der Waals surface area contributed by atoms with E-state index < -0.39 is 42.3 Å². The summed E-state index contributed by atoms with van der Waals surface area (Å²) >= 11 is 6.60. The normalized spacial score (nSPS) is 16.9. The first-order valence-corrected chi connectivity index (χ1v) is 13.9. The third-order valence-corrected chi connectivity index (χ3v) is 7.57. The lowest BCUT2D eigenvalue weighted by Crippen LogP contribution is -2.49. The van der Waals surface area contributed by atoms with Gasteiger partial charge >= 0.3 is 13.3 Å². The molecule has 4 rings (SSSR count). The minimum absolute atomic E-state index is 0.00554. The summed E-state index contributed by atoms with van der Waals surface area (Å²) in [6, 6.07) is 13.5. The topological polar surface area (TPSA) is 116 Å². The first-order valence-electron chi connectivity index (χ1n) is 13.5. The number of carbonyl (C=O) groups is 1. The number of nitrogens with zero attached hydrogens (tertiary/aromatic N) is 2. The number of anilines is 1. The van der Waals surface area contributed by atoms with Gasteiger partial charge in [-0.25, -0.2) is 4.98 Å². The summed E-state index contributed by atoms with van der Waals surface area (Å²) in [4.78, 5) is 31.3. The maximum absolute atomic E-state index is 13.7. The van der Waals surface area contributed by atoms with E-state index in [0.717, 1.165) is 30.5 Å². The van der Waals surface area contributed by atoms with Gasteiger partial charge in [0.15, 0.2) is 11.0 Å². The summed E-state index contributed by atoms with van der Waals surface area (Å²) in [7, 11) is -1.85. The number of benzene rings is 2. The van der Waals surface area contributed by atoms with Crippen molar-refractivity contribution in [2.75, 3.05) is 5.32 Å². The number of fused-ring (bicyclic) bond motifs is 1. The highest BCUT2D eigenvalue weighted by Gasteiger charge is 2.40. The first kappa shape index (κ1) is 31.3. The summed E-state index contributed by atoms with van der Waals surface area (Å²) in [6.45, 7) is 3.43. The molecule has 1 aliphatic rings. The predicted octanol–water partition coefficient (Wildman–Crippen LogP) is 4.65. The van der Waals surface area contributed by atoms with Crippen LogP contribution in [-0.2, 0) is 23.9 Å². The van der Waals surface area contributed by atoms with Crippen LogP contribution < -0.4 is 16.2 Å². The van der Waals surface area contributed by atoms with Crippen molar-refractivity contribution in [2.24, 2.45) is 0 Å². The fraction of sp³-hybridized carbons (Fsp3) is 0.345. The zero-order valence-corrected chi connectivity index (χ0v) is 23.4. The minimum Gasteiger partial charge on any atom is -0.426 e. The molecule has 0 fully saturated rings. The van der Waals surface area contributed by atoms with Crippen LogP contribution in [0.3, 0.4) is 0 Å². The van der Waals surface area contributed by atoms with E-state index in [9.17, 15) is 32.8 Å². The van der Waals surface area contributed by atoms with E-state index in [1.165, 1.54) is 22.8 Å². The van der Waals surface area contributed by atoms with Gasteiger partial charge in [-0.2, -0.15) is 13.2 Å². The average Bonchev–Trinajstić information content (AvgIpc) is 3.34. The highest BCUT2D eigenvalue weighted by Crippen LogP contribution is 2.41. The van der Waals surface area contributed by atoms with Crippen LogP contribution >= 0.6 is 11.6 Å². The molecule has 42 heavy (non-hydrogen) atoms. The van der Waals surface area contributed by atoms with E-state index in [-0.39, 0.29) is 41.8 Å². The molecule has 0 aliphatic carbocycles. The van der Waals surface area contributed by atoms with Crippen molar-refractivity contribution in [1.82, 2.24) is 14.9 Å². The van der Waals surface area contributed by atoms with Crippen LogP contribution in [0.1, 0.15) is 60.0 Å². The van der Waals surface area contributed by atoms with Crippen LogP contribution in [0, 0.1) is 0 Å². The number of aryl methyl sites for hydroxylation is 1. The molecule has 8 nitrogen and oxygen atoms in total. The summed E-state index contributed by atoms with van der Waals surface area (Å²) in [5.41, 5.74) is 0.324. The Morgan fingerprint density at radius 3 is 2.57 bits per heavy atom. The molecule has 3 aromatic rings. The fourth-order valence-corrected chi connectivity index (χ4v) is 5.57. The van der Waals surface area contributed by atoms with Crippen LogP contribution in [0.4, 0.5) is 19.0 Å². The lowest BCUT2D eigenvalue weighted by molar-refractivity contribution is -0.137. The molecule has 4 N–H and O–H groups in total. The molecule has 0 bridgehead atoms. The first-order chi connectivity index (χ1) is 20.0. The molecule has 222 valence electrons. The third-order valence-electron chi connectivity index (χ3n) is 7.29. The molecule has 1 aliphatic heterocycles. The number of halogens is 4. The van der Waals surface area contributed by atoms with Gasteiger partial charge in [-0.1, -0.05) is 60.1 Å². The van der Waals surface area contributed by atoms with E-state index >= 15 is 0 Å². The maximum atomic E-state index is 13.7. The molecule has 0 radical (unpaired) electrons. The van der Waals surface area contributed by atoms with E-state index in [1.807, 2.05) is 30.3 Å². The molecule has 0 unspecified atom stereocenters. The standard InChI is InChI=1S/C29H31BClF3N4O4/c1-2-8-23(30(41)42)36-27(39)22-16-20(13-6-11-18-9-4-3-5-10-18)24-25(31)37-26(28(40)38(22)24)35-17-19-12-7-14-21(15-19)29(32,33)34/h2-5,7,9-10,12,14-15,20,22-23,41-42H,1,6,8,11,13,16-17H2,(H,35,37)(H,36,39)/t20-,22+,23+/m1/s1. The Balaban J connectivity index is 1.62. The number of rotatable bonds is 12. The Morgan fingerprint density at radius 2 is 1.90 bits per heavy atom. The number of aromatic nitrogens is 2. The highest BCUT2D eigenvalue weighted by molar-refractivity contribution is 6.43. The van der Waals surface area contributed by atoms with Crippen molar-refractivity contribution in [3.63, 3.8) is 0 Å². The molecule has 0 saturated heterocycles. The fourth-order valence-electron chi connectivity index (χ4n) is 5.24. The number of hydrogen-bond donors (Lipinski definition) is 4. The molecular weight excluding hydrogens is 572 g/mol. The molecule has 2 aromatic carbocycles. The van der Waals surface area contributed by atoms with Gasteiger partial charge in [-0.05, 0) is 55.4 Å². The number of nitrogens with one attached hydrogen (secondary N) is 2. The summed E-state index contributed by atoms with van der Waals surface area (Å²) < 4.78 is 40.7. The molecular formula is C29H31BClF3N4O4. The van der Waals surface area contributed by atoms with Crippen LogP contribution in [-0.4, -0.2) is 38.6 Å². The quantitative estimate of drug-likeness (QED) is 0.177. The Kier molecular flexibility index (Phi) is 10.1. The largest absolute Gasteiger partial charge is 0.475 e. The second-order valence-electron chi connectivity index (χ2n) is 10.2. The van der Waals surface area contributed by atoms with E-state index in [4.69, 9.17) is 11.6 Å². The lowest BCUT2D eigenvalue weighted by Gasteiger charge is -2.21. The monoisotopic (exact) mass is 602 g/mol. The van der Waals surface area contributed by atoms with Crippen molar-refractivity contribution in [1.29, 1.82) is 0 Å². The van der Waals surface area contributed by atoms with Crippen LogP contribution in [0.15, 0.2) is 72.0 Å². The third kappa shape index (κ3) is 7.42. The van der Waals surface area contributed by atoms with Gasteiger partial charge in [0.2, 0.25) is 5.91 Å². The Hall–Kier alpha value is -3.61. The second-order valence-corrected chi connectivity index (χ2v) is 10.6. The minimum atomic E-state index is -4.52. The van der Waals surface area contributed by atoms with Crippen molar-refractivity contribution >= 4 is 30.4 Å². The number of alkyl halides is 3. The van der Waals surface area contributed by atoms with Crippen LogP contribution in [0.25, 0.3) is 0 Å². The molecule has 1 aromatic heterocycles. The van der Waals surface area contributed by atoms with Crippen molar-refractivity contribution in [2.45, 2.75) is 62.7 Å². The maximum Gasteiger partial charge on any atom is 0.475 e. The average molecular weight is 603 g/mol. The Morgan fingerprint density at radius 1 is 1.19 bits per heavy atom. The predicted molar refractivity (Wildman–Crippen MR) is 155 cm³/mol. The highest BCUT2D eigenvalue weighted by atomic mass is 35.5. The van der Waals surface area contributed by atoms with E-state index in [2.05, 4.69) is 22.2 Å². The van der Waals surface area contributed by atoms with Crippen LogP contribution in [0.2, 0.25) is 5.15 Å². The van der Waals surface area contributed by atoms with Crippen molar-refractivity contribution < 1.29 is 28.0 Å². The summed E-state index contributed by atoms with van der Waals surface area (Å²) in [5, 5.41) is 24.8. The summed E-state index contributed by atoms with van der Waals surface area (Å²) in [5.74, 6) is -2.14. The zero-order chi connectivity index (χ0) is 30.4. The van der Waals surface area contributed by atoms with Gasteiger partial charge in [-0.3, -0.25) is 14.2 Å². The van der Waals surface area contributed by atoms with Crippen LogP contribution in [0.5, 0.6) is 0 Å². The van der Waals surface area contributed by atoms with Gasteiger partial charge in [0.05, 0.1) is 17.2 Å². The number of carbonyl (C=O) groups excluding carboxylic acids is 1. The molecule has 0 spiro atoms. The lowest BCUT2D eigenvalue weighted by atomic mass is 9.77. The smallest absolute Gasteiger partial charge is 0.426 e. The van der Waals surface area contributed by atoms with E-state index in [0.29, 0.717) is 12.1 Å². The van der Waals surface area contributed by atoms with Gasteiger partial charge in [0.25, 0.3) is 5.56 Å². The SMILES string of the molecule is C=CC[C@H](NC(=O)[C@@H]1C[C@@H](CCCc2ccccc2)c2c(Cl)nc(NCc3cccc(C(F)(F)F)c3)c(=O)n21)B(O)O.